The number of nitrogens with zero attached hydrogens (tertiary/aromatic N) is 4. The van der Waals surface area contributed by atoms with Crippen LogP contribution in [0.3, 0.4) is 0 Å². The number of amides is 1. The Balaban J connectivity index is 1.31. The largest absolute Gasteiger partial charge is 0.491 e. The van der Waals surface area contributed by atoms with E-state index < -0.39 is 5.82 Å². The molecule has 2 aliphatic heterocycles. The van der Waals surface area contributed by atoms with E-state index in [9.17, 15) is 9.18 Å². The van der Waals surface area contributed by atoms with Crippen LogP contribution in [-0.4, -0.2) is 84.8 Å². The number of carbonyl (C=O) groups is 1. The lowest BCUT2D eigenvalue weighted by Gasteiger charge is -2.26. The summed E-state index contributed by atoms with van der Waals surface area (Å²) in [5.41, 5.74) is 1.74. The summed E-state index contributed by atoms with van der Waals surface area (Å²) in [5.74, 6) is 0.296. The van der Waals surface area contributed by atoms with Gasteiger partial charge in [-0.15, -0.1) is 0 Å². The molecule has 2 N–H and O–H groups in total. The lowest BCUT2D eigenvalue weighted by Crippen LogP contribution is -2.37. The molecule has 3 heterocycles. The third kappa shape index (κ3) is 8.61. The fourth-order valence-electron chi connectivity index (χ4n) is 5.21. The molecule has 42 heavy (non-hydrogen) atoms. The van der Waals surface area contributed by atoms with E-state index in [-0.39, 0.29) is 10.9 Å². The standard InChI is InChI=1S/C31H38ClFN6O3/c32-25-19-23(8-9-26(25)33)36-31-24-20-28(37-30(40)7-2-5-12-38-10-3-1-4-11-38)29(21-27(24)34-22-35-31)42-16-6-13-39-14-17-41-18-15-39/h2,7-9,19-22H,1,3-6,10-18H2,(H,37,40)(H,34,35,36)/b7-2+. The zero-order valence-corrected chi connectivity index (χ0v) is 24.5. The number of anilines is 3. The van der Waals surface area contributed by atoms with Crippen molar-refractivity contribution in [3.63, 3.8) is 0 Å². The van der Waals surface area contributed by atoms with Crippen molar-refractivity contribution in [2.45, 2.75) is 32.1 Å². The number of benzene rings is 2. The molecule has 2 fully saturated rings. The van der Waals surface area contributed by atoms with Crippen LogP contribution < -0.4 is 15.4 Å². The number of likely N-dealkylation sites (tertiary alicyclic amines) is 1. The number of rotatable bonds is 12. The maximum atomic E-state index is 13.7. The van der Waals surface area contributed by atoms with Crippen molar-refractivity contribution in [3.8, 4) is 5.75 Å². The Morgan fingerprint density at radius 1 is 1.05 bits per heavy atom. The van der Waals surface area contributed by atoms with Crippen LogP contribution in [0.5, 0.6) is 5.75 Å². The highest BCUT2D eigenvalue weighted by atomic mass is 35.5. The van der Waals surface area contributed by atoms with Gasteiger partial charge in [0.05, 0.1) is 36.0 Å². The molecule has 2 aliphatic rings. The molecule has 5 rings (SSSR count). The van der Waals surface area contributed by atoms with Gasteiger partial charge in [-0.3, -0.25) is 9.69 Å². The van der Waals surface area contributed by atoms with Crippen LogP contribution in [0, 0.1) is 5.82 Å². The second-order valence-electron chi connectivity index (χ2n) is 10.6. The molecule has 9 nitrogen and oxygen atoms in total. The number of piperidine rings is 1. The Morgan fingerprint density at radius 2 is 1.86 bits per heavy atom. The van der Waals surface area contributed by atoms with Gasteiger partial charge in [0, 0.05) is 43.3 Å². The minimum atomic E-state index is -0.501. The van der Waals surface area contributed by atoms with Gasteiger partial charge in [0.1, 0.15) is 23.7 Å². The minimum Gasteiger partial charge on any atom is -0.491 e. The molecule has 0 radical (unpaired) electrons. The van der Waals surface area contributed by atoms with Crippen LogP contribution in [0.4, 0.5) is 21.6 Å². The van der Waals surface area contributed by atoms with Crippen LogP contribution in [0.15, 0.2) is 48.8 Å². The van der Waals surface area contributed by atoms with Crippen LogP contribution in [0.25, 0.3) is 10.9 Å². The topological polar surface area (TPSA) is 91.9 Å². The summed E-state index contributed by atoms with van der Waals surface area (Å²) in [6.45, 7) is 7.98. The second kappa shape index (κ2) is 15.2. The predicted molar refractivity (Wildman–Crippen MR) is 164 cm³/mol. The van der Waals surface area contributed by atoms with Gasteiger partial charge in [-0.1, -0.05) is 24.1 Å². The summed E-state index contributed by atoms with van der Waals surface area (Å²) in [7, 11) is 0. The molecule has 0 atom stereocenters. The first-order valence-corrected chi connectivity index (χ1v) is 15.1. The fraction of sp³-hybridized carbons (Fsp3) is 0.452. The molecule has 0 saturated carbocycles. The number of fused-ring (bicyclic) bond motifs is 1. The van der Waals surface area contributed by atoms with Gasteiger partial charge in [-0.25, -0.2) is 14.4 Å². The van der Waals surface area contributed by atoms with Gasteiger partial charge in [0.25, 0.3) is 0 Å². The first-order chi connectivity index (χ1) is 20.5. The molecule has 2 saturated heterocycles. The first-order valence-electron chi connectivity index (χ1n) is 14.7. The van der Waals surface area contributed by atoms with E-state index in [4.69, 9.17) is 21.1 Å². The van der Waals surface area contributed by atoms with E-state index in [1.54, 1.807) is 18.2 Å². The van der Waals surface area contributed by atoms with Gasteiger partial charge in [-0.05, 0) is 69.1 Å². The molecule has 0 unspecified atom stereocenters. The van der Waals surface area contributed by atoms with E-state index in [0.717, 1.165) is 65.3 Å². The molecule has 224 valence electrons. The Kier molecular flexibility index (Phi) is 10.9. The number of halogens is 2. The quantitative estimate of drug-likeness (QED) is 0.205. The summed E-state index contributed by atoms with van der Waals surface area (Å²) in [5, 5.41) is 6.86. The highest BCUT2D eigenvalue weighted by Gasteiger charge is 2.15. The summed E-state index contributed by atoms with van der Waals surface area (Å²) in [6, 6.07) is 7.98. The Morgan fingerprint density at radius 3 is 2.67 bits per heavy atom. The average Bonchev–Trinajstić information content (AvgIpc) is 3.01. The zero-order chi connectivity index (χ0) is 29.1. The van der Waals surface area contributed by atoms with E-state index in [1.807, 2.05) is 12.1 Å². The number of hydrogen-bond donors (Lipinski definition) is 2. The van der Waals surface area contributed by atoms with Gasteiger partial charge in [-0.2, -0.15) is 0 Å². The average molecular weight is 597 g/mol. The van der Waals surface area contributed by atoms with Crippen LogP contribution in [-0.2, 0) is 9.53 Å². The highest BCUT2D eigenvalue weighted by Crippen LogP contribution is 2.34. The molecule has 1 aromatic heterocycles. The Hall–Kier alpha value is -3.31. The van der Waals surface area contributed by atoms with Gasteiger partial charge in [0.15, 0.2) is 0 Å². The van der Waals surface area contributed by atoms with Crippen LogP contribution >= 0.6 is 11.6 Å². The maximum Gasteiger partial charge on any atom is 0.248 e. The summed E-state index contributed by atoms with van der Waals surface area (Å²) < 4.78 is 25.3. The monoisotopic (exact) mass is 596 g/mol. The molecule has 11 heteroatoms. The van der Waals surface area contributed by atoms with Crippen molar-refractivity contribution in [2.75, 3.05) is 69.7 Å². The lowest BCUT2D eigenvalue weighted by atomic mass is 10.1. The smallest absolute Gasteiger partial charge is 0.248 e. The number of hydrogen-bond acceptors (Lipinski definition) is 8. The van der Waals surface area contributed by atoms with Crippen molar-refractivity contribution >= 4 is 45.6 Å². The van der Waals surface area contributed by atoms with Crippen molar-refractivity contribution in [1.29, 1.82) is 0 Å². The van der Waals surface area contributed by atoms with E-state index in [2.05, 4.69) is 30.4 Å². The number of morpholine rings is 1. The van der Waals surface area contributed by atoms with Gasteiger partial charge < -0.3 is 25.0 Å². The Labute approximate surface area is 251 Å². The first kappa shape index (κ1) is 30.2. The molecule has 3 aromatic rings. The van der Waals surface area contributed by atoms with Crippen LogP contribution in [0.2, 0.25) is 5.02 Å². The van der Waals surface area contributed by atoms with E-state index in [1.165, 1.54) is 37.7 Å². The van der Waals surface area contributed by atoms with E-state index in [0.29, 0.717) is 40.5 Å². The third-order valence-electron chi connectivity index (χ3n) is 7.49. The van der Waals surface area contributed by atoms with Crippen molar-refractivity contribution in [2.24, 2.45) is 0 Å². The molecule has 0 aliphatic carbocycles. The van der Waals surface area contributed by atoms with Crippen molar-refractivity contribution in [1.82, 2.24) is 19.8 Å². The number of nitrogens with one attached hydrogen (secondary N) is 2. The van der Waals surface area contributed by atoms with Crippen molar-refractivity contribution < 1.29 is 18.7 Å². The fourth-order valence-corrected chi connectivity index (χ4v) is 5.39. The number of carbonyl (C=O) groups excluding carboxylic acids is 1. The normalized spacial score (nSPS) is 16.6. The molecule has 2 aromatic carbocycles. The van der Waals surface area contributed by atoms with E-state index >= 15 is 0 Å². The molecular formula is C31H38ClFN6O3. The third-order valence-corrected chi connectivity index (χ3v) is 7.78. The number of aromatic nitrogens is 2. The minimum absolute atomic E-state index is 0.00570. The summed E-state index contributed by atoms with van der Waals surface area (Å²) >= 11 is 5.98. The molecule has 0 spiro atoms. The summed E-state index contributed by atoms with van der Waals surface area (Å²) in [4.78, 5) is 26.6. The molecule has 1 amide bonds. The SMILES string of the molecule is O=C(/C=C/CCN1CCCCC1)Nc1cc2c(Nc3ccc(F)c(Cl)c3)ncnc2cc1OCCCN1CCOCC1. The number of ether oxygens (including phenoxy) is 2. The lowest BCUT2D eigenvalue weighted by molar-refractivity contribution is -0.111. The summed E-state index contributed by atoms with van der Waals surface area (Å²) in [6.07, 6.45) is 10.4. The highest BCUT2D eigenvalue weighted by molar-refractivity contribution is 6.31. The van der Waals surface area contributed by atoms with Gasteiger partial charge in [0.2, 0.25) is 5.91 Å². The maximum absolute atomic E-state index is 13.7. The Bertz CT molecular complexity index is 1380. The van der Waals surface area contributed by atoms with Gasteiger partial charge >= 0.3 is 0 Å². The second-order valence-corrected chi connectivity index (χ2v) is 11.0. The predicted octanol–water partition coefficient (Wildman–Crippen LogP) is 5.64. The molecule has 0 bridgehead atoms. The van der Waals surface area contributed by atoms with Crippen LogP contribution in [0.1, 0.15) is 32.1 Å². The zero-order valence-electron chi connectivity index (χ0n) is 23.8. The van der Waals surface area contributed by atoms with Crippen molar-refractivity contribution in [3.05, 3.63) is 59.7 Å². The molecular weight excluding hydrogens is 559 g/mol.